The number of amides is 1. The van der Waals surface area contributed by atoms with Gasteiger partial charge in [0.05, 0.1) is 7.11 Å². The standard InChI is InChI=1S/C27H26N4O4/c1-33-21-6-4-5-18(15-21)26(32)31-27(30-20-9-10-24-25(16-20)35-14-13-34-24)28-12-11-19-17-29-23-8-3-2-7-22(19)23/h2-10,15-17,29H,11-14H2,1H3,(H2,28,30,31,32). The van der Waals surface area contributed by atoms with Crippen LogP contribution in [0.25, 0.3) is 10.9 Å². The minimum absolute atomic E-state index is 0.292. The molecule has 2 heterocycles. The first-order valence-corrected chi connectivity index (χ1v) is 11.4. The summed E-state index contributed by atoms with van der Waals surface area (Å²) in [5.74, 6) is 2.00. The fraction of sp³-hybridized carbons (Fsp3) is 0.185. The number of guanidine groups is 1. The number of hydrogen-bond acceptors (Lipinski definition) is 5. The van der Waals surface area contributed by atoms with Crippen LogP contribution in [0.5, 0.6) is 17.2 Å². The molecule has 0 radical (unpaired) electrons. The quantitative estimate of drug-likeness (QED) is 0.287. The number of benzene rings is 3. The van der Waals surface area contributed by atoms with Gasteiger partial charge < -0.3 is 24.5 Å². The van der Waals surface area contributed by atoms with Crippen LogP contribution in [0.2, 0.25) is 0 Å². The molecule has 178 valence electrons. The predicted octanol–water partition coefficient (Wildman–Crippen LogP) is 4.39. The van der Waals surface area contributed by atoms with Crippen molar-refractivity contribution in [1.29, 1.82) is 0 Å². The van der Waals surface area contributed by atoms with Gasteiger partial charge in [0, 0.05) is 41.0 Å². The van der Waals surface area contributed by atoms with Gasteiger partial charge in [-0.3, -0.25) is 15.1 Å². The Bertz CT molecular complexity index is 1380. The second kappa shape index (κ2) is 10.2. The monoisotopic (exact) mass is 470 g/mol. The number of aromatic nitrogens is 1. The summed E-state index contributed by atoms with van der Waals surface area (Å²) in [6, 6.07) is 20.7. The van der Waals surface area contributed by atoms with E-state index in [1.165, 1.54) is 10.9 Å². The van der Waals surface area contributed by atoms with Crippen LogP contribution in [0.3, 0.4) is 0 Å². The third kappa shape index (κ3) is 5.22. The van der Waals surface area contributed by atoms with Crippen LogP contribution in [0, 0.1) is 0 Å². The molecule has 3 aromatic carbocycles. The summed E-state index contributed by atoms with van der Waals surface area (Å²) in [7, 11) is 1.57. The molecule has 0 spiro atoms. The molecule has 1 aromatic heterocycles. The molecule has 0 unspecified atom stereocenters. The fourth-order valence-electron chi connectivity index (χ4n) is 3.94. The normalized spacial score (nSPS) is 12.9. The number of carbonyl (C=O) groups excluding carboxylic acids is 1. The van der Waals surface area contributed by atoms with E-state index < -0.39 is 0 Å². The zero-order chi connectivity index (χ0) is 24.0. The van der Waals surface area contributed by atoms with Crippen molar-refractivity contribution in [1.82, 2.24) is 10.3 Å². The topological polar surface area (TPSA) is 97.0 Å². The van der Waals surface area contributed by atoms with Crippen LogP contribution in [-0.2, 0) is 6.42 Å². The number of rotatable bonds is 6. The predicted molar refractivity (Wildman–Crippen MR) is 136 cm³/mol. The number of carbonyl (C=O) groups is 1. The minimum atomic E-state index is -0.292. The summed E-state index contributed by atoms with van der Waals surface area (Å²) in [6.07, 6.45) is 2.72. The van der Waals surface area contributed by atoms with Crippen LogP contribution < -0.4 is 24.8 Å². The Morgan fingerprint density at radius 1 is 1.03 bits per heavy atom. The van der Waals surface area contributed by atoms with Gasteiger partial charge in [0.1, 0.15) is 19.0 Å². The van der Waals surface area contributed by atoms with Crippen molar-refractivity contribution in [2.24, 2.45) is 4.99 Å². The summed E-state index contributed by atoms with van der Waals surface area (Å²) in [4.78, 5) is 20.9. The zero-order valence-corrected chi connectivity index (χ0v) is 19.3. The van der Waals surface area contributed by atoms with Gasteiger partial charge in [-0.1, -0.05) is 24.3 Å². The number of methoxy groups -OCH3 is 1. The molecule has 0 aliphatic carbocycles. The maximum atomic E-state index is 13.0. The first-order chi connectivity index (χ1) is 17.2. The van der Waals surface area contributed by atoms with E-state index in [1.54, 1.807) is 31.4 Å². The highest BCUT2D eigenvalue weighted by Crippen LogP contribution is 2.32. The molecule has 0 bridgehead atoms. The lowest BCUT2D eigenvalue weighted by Gasteiger charge is -2.19. The smallest absolute Gasteiger partial charge is 0.258 e. The van der Waals surface area contributed by atoms with E-state index in [1.807, 2.05) is 42.6 Å². The van der Waals surface area contributed by atoms with Crippen molar-refractivity contribution < 1.29 is 19.0 Å². The Morgan fingerprint density at radius 2 is 1.89 bits per heavy atom. The Balaban J connectivity index is 1.36. The molecular formula is C27H26N4O4. The van der Waals surface area contributed by atoms with E-state index in [0.717, 1.165) is 11.2 Å². The molecule has 1 aliphatic rings. The first-order valence-electron chi connectivity index (χ1n) is 11.4. The van der Waals surface area contributed by atoms with Gasteiger partial charge in [0.25, 0.3) is 5.91 Å². The van der Waals surface area contributed by atoms with Crippen LogP contribution in [0.15, 0.2) is 77.9 Å². The molecule has 0 fully saturated rings. The average molecular weight is 471 g/mol. The minimum Gasteiger partial charge on any atom is -0.497 e. The lowest BCUT2D eigenvalue weighted by molar-refractivity contribution is 0.0976. The molecule has 0 atom stereocenters. The zero-order valence-electron chi connectivity index (χ0n) is 19.3. The number of ether oxygens (including phenoxy) is 3. The van der Waals surface area contributed by atoms with Crippen molar-refractivity contribution >= 4 is 28.5 Å². The highest BCUT2D eigenvalue weighted by atomic mass is 16.6. The average Bonchev–Trinajstić information content (AvgIpc) is 3.31. The Hall–Kier alpha value is -4.46. The lowest BCUT2D eigenvalue weighted by Crippen LogP contribution is -2.36. The molecule has 4 aromatic rings. The first kappa shape index (κ1) is 22.3. The summed E-state index contributed by atoms with van der Waals surface area (Å²) < 4.78 is 16.5. The van der Waals surface area contributed by atoms with Crippen molar-refractivity contribution in [3.8, 4) is 17.2 Å². The van der Waals surface area contributed by atoms with Gasteiger partial charge in [-0.05, 0) is 48.4 Å². The van der Waals surface area contributed by atoms with Crippen molar-refractivity contribution in [3.05, 3.63) is 84.1 Å². The van der Waals surface area contributed by atoms with Crippen molar-refractivity contribution in [3.63, 3.8) is 0 Å². The van der Waals surface area contributed by atoms with Crippen molar-refractivity contribution in [2.45, 2.75) is 6.42 Å². The van der Waals surface area contributed by atoms with E-state index in [4.69, 9.17) is 14.2 Å². The van der Waals surface area contributed by atoms with Crippen molar-refractivity contribution in [2.75, 3.05) is 32.2 Å². The van der Waals surface area contributed by atoms with Crippen LogP contribution in [0.4, 0.5) is 5.69 Å². The SMILES string of the molecule is COc1cccc(C(=O)NC(=NCCc2c[nH]c3ccccc23)Nc2ccc3c(c2)OCCO3)c1. The van der Waals surface area contributed by atoms with Gasteiger partial charge in [-0.2, -0.15) is 0 Å². The third-order valence-corrected chi connectivity index (χ3v) is 5.69. The number of aliphatic imine (C=N–C) groups is 1. The van der Waals surface area contributed by atoms with Gasteiger partial charge in [0.2, 0.25) is 5.96 Å². The van der Waals surface area contributed by atoms with E-state index in [2.05, 4.69) is 26.7 Å². The summed E-state index contributed by atoms with van der Waals surface area (Å²) in [5, 5.41) is 7.28. The highest BCUT2D eigenvalue weighted by Gasteiger charge is 2.14. The summed E-state index contributed by atoms with van der Waals surface area (Å²) >= 11 is 0. The highest BCUT2D eigenvalue weighted by molar-refractivity contribution is 6.10. The largest absolute Gasteiger partial charge is 0.497 e. The number of para-hydroxylation sites is 1. The maximum Gasteiger partial charge on any atom is 0.258 e. The van der Waals surface area contributed by atoms with E-state index in [9.17, 15) is 4.79 Å². The van der Waals surface area contributed by atoms with Crippen LogP contribution in [0.1, 0.15) is 15.9 Å². The summed E-state index contributed by atoms with van der Waals surface area (Å²) in [5.41, 5.74) is 3.46. The molecule has 3 N–H and O–H groups in total. The van der Waals surface area contributed by atoms with Gasteiger partial charge in [-0.15, -0.1) is 0 Å². The fourth-order valence-corrected chi connectivity index (χ4v) is 3.94. The summed E-state index contributed by atoms with van der Waals surface area (Å²) in [6.45, 7) is 1.50. The number of anilines is 1. The molecule has 8 heteroatoms. The number of fused-ring (bicyclic) bond motifs is 2. The number of aromatic amines is 1. The molecule has 1 amide bonds. The Morgan fingerprint density at radius 3 is 2.77 bits per heavy atom. The molecule has 35 heavy (non-hydrogen) atoms. The van der Waals surface area contributed by atoms with Gasteiger partial charge in [-0.25, -0.2) is 0 Å². The van der Waals surface area contributed by atoms with E-state index in [-0.39, 0.29) is 5.91 Å². The second-order valence-electron chi connectivity index (χ2n) is 8.01. The lowest BCUT2D eigenvalue weighted by atomic mass is 10.1. The third-order valence-electron chi connectivity index (χ3n) is 5.69. The molecule has 0 saturated heterocycles. The molecule has 1 aliphatic heterocycles. The Labute approximate surface area is 202 Å². The molecule has 5 rings (SSSR count). The molecule has 8 nitrogen and oxygen atoms in total. The van der Waals surface area contributed by atoms with E-state index in [0.29, 0.717) is 55.0 Å². The second-order valence-corrected chi connectivity index (χ2v) is 8.01. The number of nitrogens with zero attached hydrogens (tertiary/aromatic N) is 1. The number of H-pyrrole nitrogens is 1. The Kier molecular flexibility index (Phi) is 6.52. The van der Waals surface area contributed by atoms with Crippen LogP contribution in [-0.4, -0.2) is 43.7 Å². The number of nitrogens with one attached hydrogen (secondary N) is 3. The van der Waals surface area contributed by atoms with E-state index >= 15 is 0 Å². The maximum absolute atomic E-state index is 13.0. The van der Waals surface area contributed by atoms with Gasteiger partial charge in [0.15, 0.2) is 11.5 Å². The number of hydrogen-bond donors (Lipinski definition) is 3. The van der Waals surface area contributed by atoms with Gasteiger partial charge >= 0.3 is 0 Å². The molecular weight excluding hydrogens is 444 g/mol. The van der Waals surface area contributed by atoms with Crippen LogP contribution >= 0.6 is 0 Å². The molecule has 0 saturated carbocycles.